The molecule has 4 nitrogen and oxygen atoms in total. The highest BCUT2D eigenvalue weighted by Crippen LogP contribution is 1.76. The Hall–Kier alpha value is -0.610. The van der Waals surface area contributed by atoms with Crippen molar-refractivity contribution in [3.8, 4) is 0 Å². The molecule has 0 rings (SSSR count). The van der Waals surface area contributed by atoms with Gasteiger partial charge in [-0.25, -0.2) is 0 Å². The van der Waals surface area contributed by atoms with Gasteiger partial charge in [-0.3, -0.25) is 4.79 Å². The van der Waals surface area contributed by atoms with E-state index in [2.05, 4.69) is 5.32 Å². The topological polar surface area (TPSA) is 75.3 Å². The second-order valence-corrected chi connectivity index (χ2v) is 2.27. The quantitative estimate of drug-likeness (QED) is 0.428. The molecule has 0 aromatic heterocycles. The third kappa shape index (κ3) is 7.39. The van der Waals surface area contributed by atoms with Crippen LogP contribution in [0.5, 0.6) is 0 Å². The Kier molecular flexibility index (Phi) is 4.88. The fourth-order valence-electron chi connectivity index (χ4n) is 0.523. The van der Waals surface area contributed by atoms with Gasteiger partial charge in [0, 0.05) is 19.5 Å². The van der Waals surface area contributed by atoms with Crippen LogP contribution in [0.2, 0.25) is 0 Å². The molecule has 0 fully saturated rings. The monoisotopic (exact) mass is 146 g/mol. The Morgan fingerprint density at radius 1 is 1.80 bits per heavy atom. The van der Waals surface area contributed by atoms with Gasteiger partial charge in [0.2, 0.25) is 5.91 Å². The number of nitrogens with two attached hydrogens (primary N) is 1. The standard InChI is InChI=1S/C6H14N2O2/c1-5(9)4-8-3-2-6(7)10/h5,8-9H,2-4H2,1H3,(H2,7,10). The summed E-state index contributed by atoms with van der Waals surface area (Å²) in [6.07, 6.45) is -0.0416. The van der Waals surface area contributed by atoms with Gasteiger partial charge in [0.1, 0.15) is 0 Å². The van der Waals surface area contributed by atoms with Crippen molar-refractivity contribution in [3.63, 3.8) is 0 Å². The number of hydrogen-bond donors (Lipinski definition) is 3. The van der Waals surface area contributed by atoms with Crippen LogP contribution in [0.1, 0.15) is 13.3 Å². The highest BCUT2D eigenvalue weighted by atomic mass is 16.3. The van der Waals surface area contributed by atoms with Crippen LogP contribution in [0.15, 0.2) is 0 Å². The average molecular weight is 146 g/mol. The molecule has 60 valence electrons. The number of amides is 1. The molecule has 0 aromatic carbocycles. The van der Waals surface area contributed by atoms with Crippen LogP contribution >= 0.6 is 0 Å². The maximum absolute atomic E-state index is 10.2. The van der Waals surface area contributed by atoms with E-state index in [1.165, 1.54) is 0 Å². The Balaban J connectivity index is 2.98. The first-order valence-electron chi connectivity index (χ1n) is 3.30. The Bertz CT molecular complexity index is 104. The fraction of sp³-hybridized carbons (Fsp3) is 0.833. The van der Waals surface area contributed by atoms with Crippen molar-refractivity contribution < 1.29 is 9.90 Å². The summed E-state index contributed by atoms with van der Waals surface area (Å²) in [7, 11) is 0. The lowest BCUT2D eigenvalue weighted by atomic mass is 10.3. The molecule has 4 N–H and O–H groups in total. The number of hydrogen-bond acceptors (Lipinski definition) is 3. The first-order valence-corrected chi connectivity index (χ1v) is 3.30. The van der Waals surface area contributed by atoms with Gasteiger partial charge >= 0.3 is 0 Å². The molecule has 10 heavy (non-hydrogen) atoms. The molecule has 0 aliphatic rings. The maximum atomic E-state index is 10.2. The van der Waals surface area contributed by atoms with E-state index in [9.17, 15) is 4.79 Å². The van der Waals surface area contributed by atoms with E-state index >= 15 is 0 Å². The van der Waals surface area contributed by atoms with E-state index in [-0.39, 0.29) is 12.0 Å². The Morgan fingerprint density at radius 3 is 2.80 bits per heavy atom. The number of nitrogens with one attached hydrogen (secondary N) is 1. The number of carbonyl (C=O) groups is 1. The van der Waals surface area contributed by atoms with Gasteiger partial charge in [0.05, 0.1) is 6.10 Å². The van der Waals surface area contributed by atoms with Crippen molar-refractivity contribution in [2.75, 3.05) is 13.1 Å². The van der Waals surface area contributed by atoms with Crippen molar-refractivity contribution in [2.45, 2.75) is 19.4 Å². The van der Waals surface area contributed by atoms with Crippen LogP contribution in [0, 0.1) is 0 Å². The van der Waals surface area contributed by atoms with E-state index in [4.69, 9.17) is 10.8 Å². The lowest BCUT2D eigenvalue weighted by molar-refractivity contribution is -0.117. The minimum Gasteiger partial charge on any atom is -0.392 e. The SMILES string of the molecule is CC(O)CNCCC(N)=O. The van der Waals surface area contributed by atoms with Crippen LogP contribution < -0.4 is 11.1 Å². The summed E-state index contributed by atoms with van der Waals surface area (Å²) < 4.78 is 0. The van der Waals surface area contributed by atoms with Gasteiger partial charge in [-0.1, -0.05) is 0 Å². The lowest BCUT2D eigenvalue weighted by Gasteiger charge is -2.04. The second-order valence-electron chi connectivity index (χ2n) is 2.27. The molecule has 0 aliphatic carbocycles. The van der Waals surface area contributed by atoms with Crippen LogP contribution in [-0.2, 0) is 4.79 Å². The van der Waals surface area contributed by atoms with Crippen LogP contribution in [0.25, 0.3) is 0 Å². The maximum Gasteiger partial charge on any atom is 0.218 e. The van der Waals surface area contributed by atoms with E-state index < -0.39 is 0 Å². The summed E-state index contributed by atoms with van der Waals surface area (Å²) in [4.78, 5) is 10.2. The summed E-state index contributed by atoms with van der Waals surface area (Å²) in [6.45, 7) is 2.73. The number of aliphatic hydroxyl groups excluding tert-OH is 1. The van der Waals surface area contributed by atoms with Gasteiger partial charge in [-0.05, 0) is 6.92 Å². The molecule has 1 amide bonds. The van der Waals surface area contributed by atoms with Crippen molar-refractivity contribution in [1.29, 1.82) is 0 Å². The summed E-state index contributed by atoms with van der Waals surface area (Å²) >= 11 is 0. The minimum absolute atomic E-state index is 0.321. The summed E-state index contributed by atoms with van der Waals surface area (Å²) in [5, 5.41) is 11.6. The molecule has 0 spiro atoms. The average Bonchev–Trinajstić information content (AvgIpc) is 1.79. The van der Waals surface area contributed by atoms with Gasteiger partial charge in [-0.15, -0.1) is 0 Å². The summed E-state index contributed by atoms with van der Waals surface area (Å²) in [5.74, 6) is -0.321. The van der Waals surface area contributed by atoms with Crippen molar-refractivity contribution in [2.24, 2.45) is 5.73 Å². The molecule has 0 radical (unpaired) electrons. The lowest BCUT2D eigenvalue weighted by Crippen LogP contribution is -2.28. The number of primary amides is 1. The first-order chi connectivity index (χ1) is 4.63. The molecule has 0 heterocycles. The Morgan fingerprint density at radius 2 is 2.40 bits per heavy atom. The fourth-order valence-corrected chi connectivity index (χ4v) is 0.523. The highest BCUT2D eigenvalue weighted by Gasteiger charge is 1.95. The molecule has 0 aromatic rings. The van der Waals surface area contributed by atoms with Gasteiger partial charge in [0.25, 0.3) is 0 Å². The second kappa shape index (κ2) is 5.20. The van der Waals surface area contributed by atoms with E-state index in [1.807, 2.05) is 0 Å². The van der Waals surface area contributed by atoms with Crippen molar-refractivity contribution in [3.05, 3.63) is 0 Å². The third-order valence-electron chi connectivity index (χ3n) is 0.988. The molecule has 0 saturated heterocycles. The Labute approximate surface area is 60.4 Å². The van der Waals surface area contributed by atoms with Gasteiger partial charge in [-0.2, -0.15) is 0 Å². The largest absolute Gasteiger partial charge is 0.392 e. The zero-order valence-corrected chi connectivity index (χ0v) is 6.13. The van der Waals surface area contributed by atoms with Crippen LogP contribution in [0.4, 0.5) is 0 Å². The number of aliphatic hydroxyl groups is 1. The molecule has 4 heteroatoms. The zero-order valence-electron chi connectivity index (χ0n) is 6.13. The van der Waals surface area contributed by atoms with Crippen molar-refractivity contribution in [1.82, 2.24) is 5.32 Å². The summed E-state index contributed by atoms with van der Waals surface area (Å²) in [6, 6.07) is 0. The molecule has 0 saturated carbocycles. The van der Waals surface area contributed by atoms with Gasteiger partial charge in [0.15, 0.2) is 0 Å². The first kappa shape index (κ1) is 9.39. The number of rotatable bonds is 5. The molecule has 1 atom stereocenters. The number of carbonyl (C=O) groups excluding carboxylic acids is 1. The molecule has 0 bridgehead atoms. The zero-order chi connectivity index (χ0) is 7.98. The van der Waals surface area contributed by atoms with E-state index in [0.717, 1.165) is 0 Å². The van der Waals surface area contributed by atoms with Gasteiger partial charge < -0.3 is 16.2 Å². The normalized spacial score (nSPS) is 13.0. The predicted molar refractivity (Wildman–Crippen MR) is 38.4 cm³/mol. The summed E-state index contributed by atoms with van der Waals surface area (Å²) in [5.41, 5.74) is 4.87. The van der Waals surface area contributed by atoms with Crippen LogP contribution in [-0.4, -0.2) is 30.2 Å². The minimum atomic E-state index is -0.368. The van der Waals surface area contributed by atoms with Crippen molar-refractivity contribution >= 4 is 5.91 Å². The predicted octanol–water partition coefficient (Wildman–Crippen LogP) is -1.17. The third-order valence-corrected chi connectivity index (χ3v) is 0.988. The molecule has 0 aliphatic heterocycles. The molecular weight excluding hydrogens is 132 g/mol. The van der Waals surface area contributed by atoms with E-state index in [1.54, 1.807) is 6.92 Å². The highest BCUT2D eigenvalue weighted by molar-refractivity contribution is 5.73. The molecule has 1 unspecified atom stereocenters. The molecular formula is C6H14N2O2. The smallest absolute Gasteiger partial charge is 0.218 e. The van der Waals surface area contributed by atoms with Crippen LogP contribution in [0.3, 0.4) is 0 Å². The van der Waals surface area contributed by atoms with E-state index in [0.29, 0.717) is 19.5 Å².